The van der Waals surface area contributed by atoms with E-state index in [2.05, 4.69) is 12.2 Å². The largest absolute Gasteiger partial charge is 0.223 e. The number of fused-ring (bicyclic) bond motifs is 2. The summed E-state index contributed by atoms with van der Waals surface area (Å²) >= 11 is 0. The summed E-state index contributed by atoms with van der Waals surface area (Å²) in [5, 5.41) is -0.182. The highest BCUT2D eigenvalue weighted by Crippen LogP contribution is 2.69. The van der Waals surface area contributed by atoms with Gasteiger partial charge >= 0.3 is 0 Å². The van der Waals surface area contributed by atoms with Gasteiger partial charge in [-0.15, -0.1) is 0 Å². The van der Waals surface area contributed by atoms with Crippen molar-refractivity contribution in [1.29, 1.82) is 0 Å². The fourth-order valence-corrected chi connectivity index (χ4v) is 8.38. The van der Waals surface area contributed by atoms with Crippen LogP contribution in [0.15, 0.2) is 58.5 Å². The molecule has 0 aromatic heterocycles. The van der Waals surface area contributed by atoms with E-state index in [1.165, 1.54) is 6.42 Å². The molecule has 118 valence electrons. The van der Waals surface area contributed by atoms with Gasteiger partial charge in [0.25, 0.3) is 0 Å². The third kappa shape index (κ3) is 1.48. The summed E-state index contributed by atoms with van der Waals surface area (Å²) in [5.74, 6) is 3.80. The Hall–Kier alpha value is -1.35. The average molecular weight is 324 g/mol. The van der Waals surface area contributed by atoms with Gasteiger partial charge in [-0.1, -0.05) is 41.5 Å². The topological polar surface area (TPSA) is 34.1 Å². The Morgan fingerprint density at radius 2 is 1.52 bits per heavy atom. The van der Waals surface area contributed by atoms with Gasteiger partial charge in [0, 0.05) is 11.8 Å². The first-order valence-corrected chi connectivity index (χ1v) is 10.4. The van der Waals surface area contributed by atoms with E-state index >= 15 is 0 Å². The molecule has 4 bridgehead atoms. The number of sulfone groups is 1. The van der Waals surface area contributed by atoms with E-state index in [4.69, 9.17) is 0 Å². The van der Waals surface area contributed by atoms with E-state index in [1.807, 2.05) is 18.2 Å². The summed E-state index contributed by atoms with van der Waals surface area (Å²) in [6.07, 6.45) is 8.17. The van der Waals surface area contributed by atoms with Gasteiger partial charge in [0.15, 0.2) is 9.84 Å². The second-order valence-electron chi connectivity index (χ2n) is 8.08. The van der Waals surface area contributed by atoms with Gasteiger partial charge in [-0.25, -0.2) is 8.42 Å². The average Bonchev–Trinajstić information content (AvgIpc) is 3.18. The van der Waals surface area contributed by atoms with E-state index in [-0.39, 0.29) is 5.25 Å². The predicted octanol–water partition coefficient (Wildman–Crippen LogP) is 3.62. The maximum atomic E-state index is 13.2. The van der Waals surface area contributed by atoms with Gasteiger partial charge in [0.05, 0.1) is 10.1 Å². The molecule has 0 saturated heterocycles. The van der Waals surface area contributed by atoms with Gasteiger partial charge in [-0.3, -0.25) is 0 Å². The lowest BCUT2D eigenvalue weighted by molar-refractivity contribution is 0.397. The van der Waals surface area contributed by atoms with Gasteiger partial charge < -0.3 is 0 Å². The summed E-state index contributed by atoms with van der Waals surface area (Å²) in [7, 11) is -3.20. The van der Waals surface area contributed by atoms with Gasteiger partial charge in [0.2, 0.25) is 0 Å². The summed E-state index contributed by atoms with van der Waals surface area (Å²) in [5.41, 5.74) is 3.25. The summed E-state index contributed by atoms with van der Waals surface area (Å²) in [6, 6.07) is 9.09. The minimum absolute atomic E-state index is 0.182. The predicted molar refractivity (Wildman–Crippen MR) is 88.4 cm³/mol. The van der Waals surface area contributed by atoms with Crippen LogP contribution in [0.5, 0.6) is 0 Å². The Morgan fingerprint density at radius 3 is 2.26 bits per heavy atom. The van der Waals surface area contributed by atoms with Gasteiger partial charge in [-0.2, -0.15) is 0 Å². The molecule has 23 heavy (non-hydrogen) atoms. The van der Waals surface area contributed by atoms with Crippen molar-refractivity contribution in [1.82, 2.24) is 0 Å². The van der Waals surface area contributed by atoms with Crippen LogP contribution in [-0.2, 0) is 9.84 Å². The van der Waals surface area contributed by atoms with Crippen LogP contribution < -0.4 is 0 Å². The molecule has 2 saturated carbocycles. The molecule has 2 nitrogen and oxygen atoms in total. The summed E-state index contributed by atoms with van der Waals surface area (Å²) in [4.78, 5) is 0.514. The zero-order chi connectivity index (χ0) is 15.3. The third-order valence-corrected chi connectivity index (χ3v) is 9.45. The van der Waals surface area contributed by atoms with Crippen LogP contribution >= 0.6 is 0 Å². The molecule has 7 unspecified atom stereocenters. The molecule has 1 aromatic rings. The van der Waals surface area contributed by atoms with Crippen molar-refractivity contribution in [2.45, 2.75) is 29.4 Å². The number of hydrogen-bond donors (Lipinski definition) is 0. The number of allylic oxidation sites excluding steroid dienone is 4. The van der Waals surface area contributed by atoms with Crippen LogP contribution in [0.3, 0.4) is 0 Å². The lowest BCUT2D eigenvalue weighted by Crippen LogP contribution is -2.36. The number of benzene rings is 1. The van der Waals surface area contributed by atoms with Crippen LogP contribution in [0.2, 0.25) is 0 Å². The number of hydrogen-bond acceptors (Lipinski definition) is 2. The Bertz CT molecular complexity index is 864. The quantitative estimate of drug-likeness (QED) is 0.779. The van der Waals surface area contributed by atoms with Crippen molar-refractivity contribution in [3.05, 3.63) is 53.6 Å². The van der Waals surface area contributed by atoms with Crippen LogP contribution in [0.25, 0.3) is 0 Å². The molecule has 0 radical (unpaired) electrons. The molecule has 6 aliphatic carbocycles. The molecule has 0 N–H and O–H groups in total. The molecule has 3 heteroatoms. The lowest BCUT2D eigenvalue weighted by Gasteiger charge is -2.40. The van der Waals surface area contributed by atoms with Crippen molar-refractivity contribution in [2.24, 2.45) is 35.5 Å². The molecule has 2 fully saturated rings. The van der Waals surface area contributed by atoms with E-state index in [9.17, 15) is 8.42 Å². The SMILES string of the molecule is O=S(=O)(c1ccccc1)C1CC2CC1C1=C2C2C=CC1C1CC21. The Morgan fingerprint density at radius 1 is 0.826 bits per heavy atom. The van der Waals surface area contributed by atoms with Gasteiger partial charge in [0.1, 0.15) is 0 Å². The Kier molecular flexibility index (Phi) is 2.26. The highest BCUT2D eigenvalue weighted by Gasteiger charge is 2.63. The van der Waals surface area contributed by atoms with E-state index in [0.29, 0.717) is 28.6 Å². The first-order chi connectivity index (χ1) is 11.2. The monoisotopic (exact) mass is 324 g/mol. The molecule has 1 aromatic carbocycles. The van der Waals surface area contributed by atoms with Crippen molar-refractivity contribution in [3.8, 4) is 0 Å². The molecule has 7 rings (SSSR count). The molecule has 0 heterocycles. The maximum absolute atomic E-state index is 13.2. The molecule has 0 amide bonds. The minimum Gasteiger partial charge on any atom is -0.223 e. The fraction of sp³-hybridized carbons (Fsp3) is 0.500. The van der Waals surface area contributed by atoms with Crippen molar-refractivity contribution in [2.75, 3.05) is 0 Å². The van der Waals surface area contributed by atoms with Crippen molar-refractivity contribution >= 4 is 9.84 Å². The third-order valence-electron chi connectivity index (χ3n) is 7.20. The normalized spacial score (nSPS) is 45.3. The second-order valence-corrected chi connectivity index (χ2v) is 10.2. The lowest BCUT2D eigenvalue weighted by atomic mass is 9.67. The van der Waals surface area contributed by atoms with E-state index < -0.39 is 9.84 Å². The van der Waals surface area contributed by atoms with Crippen LogP contribution in [0.4, 0.5) is 0 Å². The summed E-state index contributed by atoms with van der Waals surface area (Å²) < 4.78 is 26.3. The van der Waals surface area contributed by atoms with Gasteiger partial charge in [-0.05, 0) is 55.1 Å². The molecular formula is C20H20O2S. The molecule has 7 atom stereocenters. The fourth-order valence-electron chi connectivity index (χ4n) is 6.32. The van der Waals surface area contributed by atoms with Crippen molar-refractivity contribution < 1.29 is 8.42 Å². The second kappa shape index (κ2) is 4.00. The Labute approximate surface area is 137 Å². The van der Waals surface area contributed by atoms with E-state index in [1.54, 1.807) is 23.3 Å². The first-order valence-electron chi connectivity index (χ1n) is 8.87. The molecule has 6 aliphatic rings. The zero-order valence-electron chi connectivity index (χ0n) is 12.9. The van der Waals surface area contributed by atoms with Crippen molar-refractivity contribution in [3.63, 3.8) is 0 Å². The van der Waals surface area contributed by atoms with E-state index in [0.717, 1.165) is 24.7 Å². The highest BCUT2D eigenvalue weighted by atomic mass is 32.2. The molecule has 0 spiro atoms. The molecular weight excluding hydrogens is 304 g/mol. The van der Waals surface area contributed by atoms with Crippen LogP contribution in [0, 0.1) is 35.5 Å². The van der Waals surface area contributed by atoms with Crippen LogP contribution in [0.1, 0.15) is 19.3 Å². The molecule has 0 aliphatic heterocycles. The zero-order valence-corrected chi connectivity index (χ0v) is 13.7. The summed E-state index contributed by atoms with van der Waals surface area (Å²) in [6.45, 7) is 0. The first kappa shape index (κ1) is 13.0. The Balaban J connectivity index is 1.43. The standard InChI is InChI=1S/C20H20O2S/c21-23(22,12-4-2-1-3-5-12)18-9-11-8-17(18)20-14-7-6-13(19(11)20)15-10-16(14)15/h1-7,11,13-18H,8-10H2. The number of rotatable bonds is 2. The highest BCUT2D eigenvalue weighted by molar-refractivity contribution is 7.92. The smallest absolute Gasteiger partial charge is 0.181 e. The minimum atomic E-state index is -3.20. The van der Waals surface area contributed by atoms with Crippen LogP contribution in [-0.4, -0.2) is 13.7 Å². The maximum Gasteiger partial charge on any atom is 0.181 e.